The fourth-order valence-electron chi connectivity index (χ4n) is 2.73. The zero-order valence-corrected chi connectivity index (χ0v) is 18.9. The number of nitrogens with one attached hydrogen (secondary N) is 2. The summed E-state index contributed by atoms with van der Waals surface area (Å²) in [6, 6.07) is 5.54. The number of amides is 3. The Morgan fingerprint density at radius 3 is 2.17 bits per heavy atom. The van der Waals surface area contributed by atoms with E-state index in [1.165, 1.54) is 38.4 Å². The number of carbonyl (C=O) groups excluding carboxylic acids is 3. The molecule has 0 aliphatic heterocycles. The van der Waals surface area contributed by atoms with Crippen LogP contribution in [-0.4, -0.2) is 62.5 Å². The molecule has 30 heavy (non-hydrogen) atoms. The van der Waals surface area contributed by atoms with Gasteiger partial charge in [0, 0.05) is 45.6 Å². The minimum atomic E-state index is -3.67. The van der Waals surface area contributed by atoms with Gasteiger partial charge in [0.15, 0.2) is 0 Å². The predicted molar refractivity (Wildman–Crippen MR) is 114 cm³/mol. The van der Waals surface area contributed by atoms with Crippen LogP contribution in [-0.2, 0) is 19.6 Å². The maximum Gasteiger partial charge on any atom is 0.269 e. The van der Waals surface area contributed by atoms with Crippen LogP contribution in [0, 0.1) is 0 Å². The van der Waals surface area contributed by atoms with Gasteiger partial charge in [-0.25, -0.2) is 12.7 Å². The minimum Gasteiger partial charge on any atom is -0.343 e. The van der Waals surface area contributed by atoms with E-state index in [1.54, 1.807) is 4.90 Å². The molecule has 1 rings (SSSR count). The Labute approximate surface area is 178 Å². The summed E-state index contributed by atoms with van der Waals surface area (Å²) in [4.78, 5) is 38.1. The topological polar surface area (TPSA) is 116 Å². The van der Waals surface area contributed by atoms with Crippen LogP contribution in [0.3, 0.4) is 0 Å². The van der Waals surface area contributed by atoms with Gasteiger partial charge in [0.05, 0.1) is 4.90 Å². The molecule has 0 unspecified atom stereocenters. The zero-order valence-electron chi connectivity index (χ0n) is 18.1. The molecule has 0 heterocycles. The summed E-state index contributed by atoms with van der Waals surface area (Å²) >= 11 is 0. The standard InChI is InChI=1S/C20H32N4O5S/c1-5-13-24(14-6-2)19(26)12-8-11-18(25)21-22-20(27)16-9-7-10-17(15-16)30(28,29)23(3)4/h7,9-10,15H,5-6,8,11-14H2,1-4H3,(H,21,25)(H,22,27). The van der Waals surface area contributed by atoms with E-state index in [9.17, 15) is 22.8 Å². The Kier molecular flexibility index (Phi) is 10.5. The fraction of sp³-hybridized carbons (Fsp3) is 0.550. The highest BCUT2D eigenvalue weighted by Crippen LogP contribution is 2.14. The van der Waals surface area contributed by atoms with Crippen molar-refractivity contribution >= 4 is 27.7 Å². The van der Waals surface area contributed by atoms with Crippen LogP contribution >= 0.6 is 0 Å². The first kappa shape index (κ1) is 25.6. The molecule has 9 nitrogen and oxygen atoms in total. The van der Waals surface area contributed by atoms with Crippen LogP contribution in [0.1, 0.15) is 56.3 Å². The molecule has 0 atom stereocenters. The second kappa shape index (κ2) is 12.3. The van der Waals surface area contributed by atoms with Crippen LogP contribution in [0.2, 0.25) is 0 Å². The van der Waals surface area contributed by atoms with Crippen molar-refractivity contribution in [2.24, 2.45) is 0 Å². The van der Waals surface area contributed by atoms with Crippen LogP contribution < -0.4 is 10.9 Å². The van der Waals surface area contributed by atoms with Crippen molar-refractivity contribution in [2.45, 2.75) is 50.8 Å². The smallest absolute Gasteiger partial charge is 0.269 e. The van der Waals surface area contributed by atoms with Crippen molar-refractivity contribution in [3.05, 3.63) is 29.8 Å². The number of hydrogen-bond donors (Lipinski definition) is 2. The predicted octanol–water partition coefficient (Wildman–Crippen LogP) is 1.52. The molecular formula is C20H32N4O5S. The van der Waals surface area contributed by atoms with Crippen molar-refractivity contribution in [3.63, 3.8) is 0 Å². The first-order valence-electron chi connectivity index (χ1n) is 10.0. The van der Waals surface area contributed by atoms with Gasteiger partial charge >= 0.3 is 0 Å². The van der Waals surface area contributed by atoms with E-state index in [0.717, 1.165) is 17.1 Å². The second-order valence-electron chi connectivity index (χ2n) is 7.05. The average molecular weight is 441 g/mol. The third kappa shape index (κ3) is 7.75. The first-order valence-corrected chi connectivity index (χ1v) is 11.5. The lowest BCUT2D eigenvalue weighted by atomic mass is 10.2. The molecule has 1 aromatic carbocycles. The highest BCUT2D eigenvalue weighted by molar-refractivity contribution is 7.89. The van der Waals surface area contributed by atoms with Gasteiger partial charge in [0.2, 0.25) is 21.8 Å². The molecule has 3 amide bonds. The normalized spacial score (nSPS) is 11.2. The van der Waals surface area contributed by atoms with Crippen molar-refractivity contribution in [1.82, 2.24) is 20.1 Å². The molecule has 0 aromatic heterocycles. The summed E-state index contributed by atoms with van der Waals surface area (Å²) in [7, 11) is -0.871. The second-order valence-corrected chi connectivity index (χ2v) is 9.20. The van der Waals surface area contributed by atoms with Crippen molar-refractivity contribution in [3.8, 4) is 0 Å². The molecule has 0 saturated carbocycles. The monoisotopic (exact) mass is 440 g/mol. The van der Waals surface area contributed by atoms with Crippen LogP contribution in [0.5, 0.6) is 0 Å². The summed E-state index contributed by atoms with van der Waals surface area (Å²) in [6.45, 7) is 5.43. The van der Waals surface area contributed by atoms with Gasteiger partial charge in [-0.05, 0) is 37.5 Å². The van der Waals surface area contributed by atoms with E-state index in [4.69, 9.17) is 0 Å². The fourth-order valence-corrected chi connectivity index (χ4v) is 3.68. The maximum atomic E-state index is 12.2. The molecular weight excluding hydrogens is 408 g/mol. The summed E-state index contributed by atoms with van der Waals surface area (Å²) in [6.07, 6.45) is 2.50. The van der Waals surface area contributed by atoms with Gasteiger partial charge in [0.1, 0.15) is 0 Å². The van der Waals surface area contributed by atoms with Crippen molar-refractivity contribution in [1.29, 1.82) is 0 Å². The van der Waals surface area contributed by atoms with Gasteiger partial charge in [0.25, 0.3) is 5.91 Å². The van der Waals surface area contributed by atoms with E-state index in [2.05, 4.69) is 10.9 Å². The van der Waals surface area contributed by atoms with E-state index >= 15 is 0 Å². The zero-order chi connectivity index (χ0) is 22.7. The Balaban J connectivity index is 2.52. The van der Waals surface area contributed by atoms with Gasteiger partial charge in [-0.2, -0.15) is 0 Å². The van der Waals surface area contributed by atoms with E-state index < -0.39 is 21.8 Å². The minimum absolute atomic E-state index is 0.0197. The molecule has 10 heteroatoms. The molecule has 0 aliphatic carbocycles. The number of hydrogen-bond acceptors (Lipinski definition) is 5. The van der Waals surface area contributed by atoms with Crippen LogP contribution in [0.25, 0.3) is 0 Å². The average Bonchev–Trinajstić information content (AvgIpc) is 2.71. The number of nitrogens with zero attached hydrogens (tertiary/aromatic N) is 2. The largest absolute Gasteiger partial charge is 0.343 e. The lowest BCUT2D eigenvalue weighted by molar-refractivity contribution is -0.131. The third-order valence-electron chi connectivity index (χ3n) is 4.32. The molecule has 168 valence electrons. The lowest BCUT2D eigenvalue weighted by Gasteiger charge is -2.21. The number of rotatable bonds is 11. The van der Waals surface area contributed by atoms with Gasteiger partial charge < -0.3 is 4.90 Å². The van der Waals surface area contributed by atoms with Gasteiger partial charge in [-0.3, -0.25) is 25.2 Å². The molecule has 0 aliphatic rings. The quantitative estimate of drug-likeness (QED) is 0.506. The molecule has 1 aromatic rings. The lowest BCUT2D eigenvalue weighted by Crippen LogP contribution is -2.41. The number of hydrazine groups is 1. The Morgan fingerprint density at radius 1 is 0.967 bits per heavy atom. The molecule has 2 N–H and O–H groups in total. The summed E-state index contributed by atoms with van der Waals surface area (Å²) in [5, 5.41) is 0. The summed E-state index contributed by atoms with van der Waals surface area (Å²) < 4.78 is 25.4. The Bertz CT molecular complexity index is 833. The van der Waals surface area contributed by atoms with E-state index in [1.807, 2.05) is 13.8 Å². The third-order valence-corrected chi connectivity index (χ3v) is 6.14. The van der Waals surface area contributed by atoms with Crippen molar-refractivity contribution in [2.75, 3.05) is 27.2 Å². The number of sulfonamides is 1. The highest BCUT2D eigenvalue weighted by atomic mass is 32.2. The molecule has 0 fully saturated rings. The van der Waals surface area contributed by atoms with E-state index in [0.29, 0.717) is 19.5 Å². The maximum absolute atomic E-state index is 12.2. The van der Waals surface area contributed by atoms with E-state index in [-0.39, 0.29) is 29.2 Å². The van der Waals surface area contributed by atoms with Crippen molar-refractivity contribution < 1.29 is 22.8 Å². The van der Waals surface area contributed by atoms with Crippen LogP contribution in [0.4, 0.5) is 0 Å². The number of carbonyl (C=O) groups is 3. The van der Waals surface area contributed by atoms with Crippen LogP contribution in [0.15, 0.2) is 29.2 Å². The van der Waals surface area contributed by atoms with Gasteiger partial charge in [-0.1, -0.05) is 19.9 Å². The molecule has 0 spiro atoms. The SMILES string of the molecule is CCCN(CCC)C(=O)CCCC(=O)NNC(=O)c1cccc(S(=O)(=O)N(C)C)c1. The Hall–Kier alpha value is -2.46. The first-order chi connectivity index (χ1) is 14.1. The summed E-state index contributed by atoms with van der Waals surface area (Å²) in [5.74, 6) is -1.03. The number of benzene rings is 1. The highest BCUT2D eigenvalue weighted by Gasteiger charge is 2.19. The molecule has 0 saturated heterocycles. The summed E-state index contributed by atoms with van der Waals surface area (Å²) in [5.41, 5.74) is 4.66. The Morgan fingerprint density at radius 2 is 1.60 bits per heavy atom. The molecule has 0 radical (unpaired) electrons. The van der Waals surface area contributed by atoms with Gasteiger partial charge in [-0.15, -0.1) is 0 Å². The molecule has 0 bridgehead atoms.